The van der Waals surface area contributed by atoms with Gasteiger partial charge in [0, 0.05) is 20.0 Å². The van der Waals surface area contributed by atoms with Crippen LogP contribution in [0.15, 0.2) is 12.1 Å². The minimum atomic E-state index is -0.0845. The normalized spacial score (nSPS) is 15.6. The van der Waals surface area contributed by atoms with Crippen molar-refractivity contribution in [3.8, 4) is 0 Å². The van der Waals surface area contributed by atoms with Gasteiger partial charge in [0.2, 0.25) is 11.8 Å². The zero-order chi connectivity index (χ0) is 17.1. The van der Waals surface area contributed by atoms with E-state index in [0.717, 1.165) is 42.7 Å². The predicted molar refractivity (Wildman–Crippen MR) is 93.7 cm³/mol. The molecule has 1 aliphatic rings. The quantitative estimate of drug-likeness (QED) is 0.859. The van der Waals surface area contributed by atoms with Crippen LogP contribution in [0.4, 0.5) is 5.69 Å². The number of nitrogens with zero attached hydrogens (tertiary/aromatic N) is 2. The van der Waals surface area contributed by atoms with Crippen molar-refractivity contribution in [3.05, 3.63) is 28.8 Å². The minimum Gasteiger partial charge on any atom is -0.341 e. The Morgan fingerprint density at radius 2 is 1.65 bits per heavy atom. The Kier molecular flexibility index (Phi) is 5.45. The molecule has 23 heavy (non-hydrogen) atoms. The van der Waals surface area contributed by atoms with Gasteiger partial charge in [0.25, 0.3) is 0 Å². The van der Waals surface area contributed by atoms with Gasteiger partial charge in [-0.05, 0) is 50.7 Å². The Bertz CT molecular complexity index is 578. The van der Waals surface area contributed by atoms with E-state index in [1.807, 2.05) is 25.7 Å². The first kappa shape index (κ1) is 17.5. The highest BCUT2D eigenvalue weighted by Crippen LogP contribution is 2.27. The second kappa shape index (κ2) is 7.16. The number of amides is 2. The van der Waals surface area contributed by atoms with Crippen LogP contribution in [0, 0.1) is 26.7 Å². The molecule has 4 heteroatoms. The highest BCUT2D eigenvalue weighted by molar-refractivity contribution is 5.98. The monoisotopic (exact) mass is 316 g/mol. The van der Waals surface area contributed by atoms with E-state index in [1.54, 1.807) is 4.90 Å². The van der Waals surface area contributed by atoms with Crippen molar-refractivity contribution >= 4 is 17.5 Å². The molecule has 0 atom stereocenters. The maximum absolute atomic E-state index is 12.6. The van der Waals surface area contributed by atoms with E-state index in [-0.39, 0.29) is 18.4 Å². The third kappa shape index (κ3) is 4.12. The highest BCUT2D eigenvalue weighted by Gasteiger charge is 2.25. The summed E-state index contributed by atoms with van der Waals surface area (Å²) in [6.07, 6.45) is 2.10. The summed E-state index contributed by atoms with van der Waals surface area (Å²) in [6, 6.07) is 4.12. The molecule has 1 heterocycles. The minimum absolute atomic E-state index is 0.0477. The largest absolute Gasteiger partial charge is 0.341 e. The van der Waals surface area contributed by atoms with E-state index in [0.29, 0.717) is 5.92 Å². The lowest BCUT2D eigenvalue weighted by molar-refractivity contribution is -0.132. The summed E-state index contributed by atoms with van der Waals surface area (Å²) in [5, 5.41) is 0. The smallest absolute Gasteiger partial charge is 0.242 e. The molecule has 0 N–H and O–H groups in total. The van der Waals surface area contributed by atoms with Crippen molar-refractivity contribution in [2.75, 3.05) is 24.5 Å². The van der Waals surface area contributed by atoms with Crippen molar-refractivity contribution in [2.24, 2.45) is 5.92 Å². The van der Waals surface area contributed by atoms with Crippen LogP contribution in [0.1, 0.15) is 43.4 Å². The van der Waals surface area contributed by atoms with Crippen molar-refractivity contribution < 1.29 is 9.59 Å². The maximum Gasteiger partial charge on any atom is 0.242 e. The summed E-state index contributed by atoms with van der Waals surface area (Å²) in [7, 11) is 0. The number of benzene rings is 1. The molecular weight excluding hydrogens is 288 g/mol. The molecule has 1 aromatic rings. The Morgan fingerprint density at radius 3 is 2.13 bits per heavy atom. The Hall–Kier alpha value is -1.84. The van der Waals surface area contributed by atoms with Gasteiger partial charge in [0.1, 0.15) is 6.54 Å². The first-order valence-electron chi connectivity index (χ1n) is 8.43. The molecule has 1 aromatic carbocycles. The average Bonchev–Trinajstić information content (AvgIpc) is 2.45. The number of hydrogen-bond acceptors (Lipinski definition) is 2. The number of carbonyl (C=O) groups excluding carboxylic acids is 2. The summed E-state index contributed by atoms with van der Waals surface area (Å²) in [5.41, 5.74) is 4.13. The fourth-order valence-corrected chi connectivity index (χ4v) is 3.44. The standard InChI is InChI=1S/C19H28N2O2/c1-13-6-8-20(9-7-13)18(23)12-21(17(5)22)19-15(3)10-14(2)11-16(19)4/h10-11,13H,6-9,12H2,1-5H3. The van der Waals surface area contributed by atoms with Crippen LogP contribution < -0.4 is 4.90 Å². The summed E-state index contributed by atoms with van der Waals surface area (Å²) in [6.45, 7) is 11.5. The number of carbonyl (C=O) groups is 2. The molecule has 0 spiro atoms. The molecule has 1 fully saturated rings. The molecule has 1 saturated heterocycles. The molecule has 0 saturated carbocycles. The molecule has 0 aromatic heterocycles. The first-order valence-corrected chi connectivity index (χ1v) is 8.43. The zero-order valence-corrected chi connectivity index (χ0v) is 15.0. The molecule has 0 radical (unpaired) electrons. The second-order valence-electron chi connectivity index (χ2n) is 6.92. The second-order valence-corrected chi connectivity index (χ2v) is 6.92. The van der Waals surface area contributed by atoms with Crippen LogP contribution in [-0.4, -0.2) is 36.3 Å². The zero-order valence-electron chi connectivity index (χ0n) is 15.0. The van der Waals surface area contributed by atoms with Crippen LogP contribution in [0.2, 0.25) is 0 Å². The fourth-order valence-electron chi connectivity index (χ4n) is 3.44. The van der Waals surface area contributed by atoms with Crippen molar-refractivity contribution in [2.45, 2.75) is 47.5 Å². The van der Waals surface area contributed by atoms with Gasteiger partial charge in [-0.25, -0.2) is 0 Å². The van der Waals surface area contributed by atoms with Crippen LogP contribution in [0.3, 0.4) is 0 Å². The summed E-state index contributed by atoms with van der Waals surface area (Å²) >= 11 is 0. The molecular formula is C19H28N2O2. The molecule has 2 amide bonds. The third-order valence-electron chi connectivity index (χ3n) is 4.72. The van der Waals surface area contributed by atoms with Gasteiger partial charge in [-0.1, -0.05) is 24.6 Å². The van der Waals surface area contributed by atoms with Gasteiger partial charge in [-0.3, -0.25) is 9.59 Å². The van der Waals surface area contributed by atoms with Crippen LogP contribution >= 0.6 is 0 Å². The Morgan fingerprint density at radius 1 is 1.13 bits per heavy atom. The molecule has 4 nitrogen and oxygen atoms in total. The number of aryl methyl sites for hydroxylation is 3. The lowest BCUT2D eigenvalue weighted by Gasteiger charge is -2.33. The van der Waals surface area contributed by atoms with E-state index in [9.17, 15) is 9.59 Å². The van der Waals surface area contributed by atoms with Crippen LogP contribution in [-0.2, 0) is 9.59 Å². The summed E-state index contributed by atoms with van der Waals surface area (Å²) in [4.78, 5) is 28.3. The van der Waals surface area contributed by atoms with Gasteiger partial charge in [0.15, 0.2) is 0 Å². The van der Waals surface area contributed by atoms with Gasteiger partial charge >= 0.3 is 0 Å². The number of likely N-dealkylation sites (tertiary alicyclic amines) is 1. The molecule has 1 aliphatic heterocycles. The molecule has 0 unspecified atom stereocenters. The van der Waals surface area contributed by atoms with Crippen LogP contribution in [0.5, 0.6) is 0 Å². The van der Waals surface area contributed by atoms with E-state index in [4.69, 9.17) is 0 Å². The van der Waals surface area contributed by atoms with E-state index in [1.165, 1.54) is 12.5 Å². The highest BCUT2D eigenvalue weighted by atomic mass is 16.2. The topological polar surface area (TPSA) is 40.6 Å². The first-order chi connectivity index (χ1) is 10.8. The SMILES string of the molecule is CC(=O)N(CC(=O)N1CCC(C)CC1)c1c(C)cc(C)cc1C. The van der Waals surface area contributed by atoms with E-state index < -0.39 is 0 Å². The number of anilines is 1. The van der Waals surface area contributed by atoms with Crippen molar-refractivity contribution in [1.29, 1.82) is 0 Å². The van der Waals surface area contributed by atoms with Gasteiger partial charge < -0.3 is 9.80 Å². The molecule has 2 rings (SSSR count). The van der Waals surface area contributed by atoms with Gasteiger partial charge in [-0.2, -0.15) is 0 Å². The number of rotatable bonds is 3. The Balaban J connectivity index is 2.20. The summed E-state index contributed by atoms with van der Waals surface area (Å²) in [5.74, 6) is 0.648. The third-order valence-corrected chi connectivity index (χ3v) is 4.72. The molecule has 0 bridgehead atoms. The lowest BCUT2D eigenvalue weighted by Crippen LogP contribution is -2.45. The van der Waals surface area contributed by atoms with E-state index >= 15 is 0 Å². The maximum atomic E-state index is 12.6. The summed E-state index contributed by atoms with van der Waals surface area (Å²) < 4.78 is 0. The van der Waals surface area contributed by atoms with Crippen molar-refractivity contribution in [3.63, 3.8) is 0 Å². The number of piperidine rings is 1. The Labute approximate surface area is 139 Å². The van der Waals surface area contributed by atoms with Crippen molar-refractivity contribution in [1.82, 2.24) is 4.90 Å². The van der Waals surface area contributed by atoms with Gasteiger partial charge in [-0.15, -0.1) is 0 Å². The fraction of sp³-hybridized carbons (Fsp3) is 0.579. The molecule has 0 aliphatic carbocycles. The van der Waals surface area contributed by atoms with Gasteiger partial charge in [0.05, 0.1) is 5.69 Å². The molecule has 126 valence electrons. The van der Waals surface area contributed by atoms with E-state index in [2.05, 4.69) is 19.1 Å². The lowest BCUT2D eigenvalue weighted by atomic mass is 9.99. The average molecular weight is 316 g/mol. The predicted octanol–water partition coefficient (Wildman–Crippen LogP) is 3.22. The van der Waals surface area contributed by atoms with Crippen LogP contribution in [0.25, 0.3) is 0 Å². The number of hydrogen-bond donors (Lipinski definition) is 0.